The molecule has 278 valence electrons. The highest BCUT2D eigenvalue weighted by Gasteiger charge is 2.37. The van der Waals surface area contributed by atoms with Gasteiger partial charge in [0.2, 0.25) is 0 Å². The quantitative estimate of drug-likeness (QED) is 0.0919. The molecule has 3 aromatic carbocycles. The van der Waals surface area contributed by atoms with Gasteiger partial charge >= 0.3 is 8.60 Å². The lowest BCUT2D eigenvalue weighted by molar-refractivity contribution is 0.355. The van der Waals surface area contributed by atoms with Crippen LogP contribution in [0.25, 0.3) is 0 Å². The summed E-state index contributed by atoms with van der Waals surface area (Å²) in [4.78, 5) is 0. The minimum atomic E-state index is -1.92. The van der Waals surface area contributed by atoms with Crippen LogP contribution < -0.4 is 13.6 Å². The van der Waals surface area contributed by atoms with Crippen LogP contribution in [-0.2, 0) is 28.1 Å². The van der Waals surface area contributed by atoms with Crippen LogP contribution >= 0.6 is 8.60 Å². The summed E-state index contributed by atoms with van der Waals surface area (Å²) in [5, 5.41) is 0. The highest BCUT2D eigenvalue weighted by molar-refractivity contribution is 7.43. The van der Waals surface area contributed by atoms with Gasteiger partial charge in [-0.05, 0) is 85.7 Å². The van der Waals surface area contributed by atoms with Crippen molar-refractivity contribution in [3.05, 3.63) is 87.5 Å². The largest absolute Gasteiger partial charge is 0.530 e. The van der Waals surface area contributed by atoms with Crippen LogP contribution in [0.3, 0.4) is 0 Å². The van der Waals surface area contributed by atoms with Crippen LogP contribution in [0.15, 0.2) is 48.5 Å². The Morgan fingerprint density at radius 3 is 1.24 bits per heavy atom. The molecule has 0 bridgehead atoms. The second-order valence-electron chi connectivity index (χ2n) is 17.2. The third kappa shape index (κ3) is 10.1. The third-order valence-electron chi connectivity index (χ3n) is 11.7. The summed E-state index contributed by atoms with van der Waals surface area (Å²) >= 11 is 0. The first kappa shape index (κ1) is 41.9. The molecule has 4 heteroatoms. The van der Waals surface area contributed by atoms with Gasteiger partial charge in [0.25, 0.3) is 0 Å². The molecule has 3 aromatic rings. The van der Waals surface area contributed by atoms with Crippen LogP contribution in [0, 0.1) is 13.8 Å². The molecule has 3 nitrogen and oxygen atoms in total. The highest BCUT2D eigenvalue weighted by Crippen LogP contribution is 2.54. The fraction of sp³-hybridized carbons (Fsp3) is 0.609. The van der Waals surface area contributed by atoms with Gasteiger partial charge in [0.1, 0.15) is 17.2 Å². The molecule has 0 spiro atoms. The van der Waals surface area contributed by atoms with E-state index in [9.17, 15) is 0 Å². The molecule has 0 amide bonds. The molecular formula is C46H71O3P. The van der Waals surface area contributed by atoms with Crippen LogP contribution in [0.5, 0.6) is 17.2 Å². The van der Waals surface area contributed by atoms with Gasteiger partial charge in [-0.3, -0.25) is 0 Å². The molecule has 0 saturated heterocycles. The van der Waals surface area contributed by atoms with Crippen molar-refractivity contribution >= 4 is 8.60 Å². The van der Waals surface area contributed by atoms with E-state index in [2.05, 4.69) is 152 Å². The summed E-state index contributed by atoms with van der Waals surface area (Å²) in [5.41, 5.74) is 8.18. The first-order valence-electron chi connectivity index (χ1n) is 19.6. The Morgan fingerprint density at radius 2 is 0.880 bits per heavy atom. The molecule has 0 atom stereocenters. The minimum Gasteiger partial charge on any atom is -0.408 e. The van der Waals surface area contributed by atoms with Gasteiger partial charge in [0.05, 0.1) is 0 Å². The first-order valence-corrected chi connectivity index (χ1v) is 20.7. The number of hydrogen-bond acceptors (Lipinski definition) is 3. The molecule has 0 N–H and O–H groups in total. The maximum atomic E-state index is 7.37. The summed E-state index contributed by atoms with van der Waals surface area (Å²) in [6.07, 6.45) is 9.74. The standard InChI is InChI=1S/C46H71O3P/c1-16-21-22-23-26-35-27-24-25-28-40(35)47-50(48-41-36(43(8,9)17-2)29-33(6)30-37(41)44(10,11)18-3)49-42-38(45(12,13)19-4)31-34(7)32-39(42)46(14,15)20-5/h24-25,27-32H,16-23,26H2,1-15H3. The van der Waals surface area contributed by atoms with E-state index in [0.29, 0.717) is 0 Å². The molecule has 3 rings (SSSR count). The normalized spacial score (nSPS) is 12.8. The van der Waals surface area contributed by atoms with Crippen molar-refractivity contribution in [1.29, 1.82) is 0 Å². The molecule has 0 aliphatic heterocycles. The van der Waals surface area contributed by atoms with Crippen LogP contribution in [0.1, 0.15) is 180 Å². The summed E-state index contributed by atoms with van der Waals surface area (Å²) < 4.78 is 21.8. The van der Waals surface area contributed by atoms with Gasteiger partial charge in [0.15, 0.2) is 0 Å². The Bertz CT molecular complexity index is 1390. The summed E-state index contributed by atoms with van der Waals surface area (Å²) in [5.74, 6) is 2.69. The van der Waals surface area contributed by atoms with Crippen molar-refractivity contribution in [3.8, 4) is 17.2 Å². The molecule has 0 aliphatic rings. The van der Waals surface area contributed by atoms with Crippen molar-refractivity contribution in [2.24, 2.45) is 0 Å². The second-order valence-corrected chi connectivity index (χ2v) is 18.2. The summed E-state index contributed by atoms with van der Waals surface area (Å²) in [6.45, 7) is 34.4. The number of rotatable bonds is 19. The monoisotopic (exact) mass is 703 g/mol. The lowest BCUT2D eigenvalue weighted by Gasteiger charge is -2.35. The lowest BCUT2D eigenvalue weighted by atomic mass is 9.75. The van der Waals surface area contributed by atoms with Crippen molar-refractivity contribution < 1.29 is 13.6 Å². The van der Waals surface area contributed by atoms with E-state index in [1.807, 2.05) is 0 Å². The molecule has 0 aliphatic carbocycles. The van der Waals surface area contributed by atoms with E-state index in [4.69, 9.17) is 13.6 Å². The first-order chi connectivity index (χ1) is 23.4. The summed E-state index contributed by atoms with van der Waals surface area (Å²) in [6, 6.07) is 17.8. The number of aryl methyl sites for hydroxylation is 3. The number of hydrogen-bond donors (Lipinski definition) is 0. The van der Waals surface area contributed by atoms with Crippen molar-refractivity contribution in [2.75, 3.05) is 0 Å². The number of para-hydroxylation sites is 1. The average molecular weight is 703 g/mol. The molecule has 50 heavy (non-hydrogen) atoms. The molecule has 0 aromatic heterocycles. The zero-order valence-electron chi connectivity index (χ0n) is 34.7. The fourth-order valence-corrected chi connectivity index (χ4v) is 7.48. The van der Waals surface area contributed by atoms with Gasteiger partial charge in [-0.25, -0.2) is 0 Å². The minimum absolute atomic E-state index is 0.104. The van der Waals surface area contributed by atoms with E-state index in [-0.39, 0.29) is 21.7 Å². The average Bonchev–Trinajstić information content (AvgIpc) is 3.08. The van der Waals surface area contributed by atoms with E-state index in [1.165, 1.54) is 58.2 Å². The highest BCUT2D eigenvalue weighted by atomic mass is 31.2. The van der Waals surface area contributed by atoms with Gasteiger partial charge in [0, 0.05) is 22.3 Å². The van der Waals surface area contributed by atoms with Crippen molar-refractivity contribution in [2.45, 2.75) is 183 Å². The Balaban J connectivity index is 2.36. The van der Waals surface area contributed by atoms with Crippen LogP contribution in [0.2, 0.25) is 0 Å². The molecule has 0 heterocycles. The zero-order chi connectivity index (χ0) is 37.5. The van der Waals surface area contributed by atoms with Crippen LogP contribution in [-0.4, -0.2) is 0 Å². The van der Waals surface area contributed by atoms with Crippen molar-refractivity contribution in [1.82, 2.24) is 0 Å². The maximum absolute atomic E-state index is 7.37. The van der Waals surface area contributed by atoms with E-state index >= 15 is 0 Å². The predicted molar refractivity (Wildman–Crippen MR) is 219 cm³/mol. The van der Waals surface area contributed by atoms with E-state index in [1.54, 1.807) is 0 Å². The topological polar surface area (TPSA) is 27.7 Å². The van der Waals surface area contributed by atoms with Crippen LogP contribution in [0.4, 0.5) is 0 Å². The van der Waals surface area contributed by atoms with Gasteiger partial charge in [-0.1, -0.05) is 163 Å². The molecule has 0 fully saturated rings. The molecule has 0 radical (unpaired) electrons. The van der Waals surface area contributed by atoms with E-state index in [0.717, 1.165) is 55.8 Å². The fourth-order valence-electron chi connectivity index (χ4n) is 6.34. The van der Waals surface area contributed by atoms with Crippen molar-refractivity contribution in [3.63, 3.8) is 0 Å². The molecule has 0 unspecified atom stereocenters. The number of benzene rings is 3. The Hall–Kier alpha value is -2.51. The van der Waals surface area contributed by atoms with E-state index < -0.39 is 8.60 Å². The molecule has 0 saturated carbocycles. The number of unbranched alkanes of at least 4 members (excludes halogenated alkanes) is 3. The zero-order valence-corrected chi connectivity index (χ0v) is 35.5. The van der Waals surface area contributed by atoms with Gasteiger partial charge < -0.3 is 13.6 Å². The Labute approximate surface area is 309 Å². The summed E-state index contributed by atoms with van der Waals surface area (Å²) in [7, 11) is -1.92. The lowest BCUT2D eigenvalue weighted by Crippen LogP contribution is -2.24. The van der Waals surface area contributed by atoms with Gasteiger partial charge in [-0.15, -0.1) is 0 Å². The molecular weight excluding hydrogens is 631 g/mol. The van der Waals surface area contributed by atoms with Gasteiger partial charge in [-0.2, -0.15) is 0 Å². The third-order valence-corrected chi connectivity index (χ3v) is 12.7. The predicted octanol–water partition coefficient (Wildman–Crippen LogP) is 14.9. The maximum Gasteiger partial charge on any atom is 0.530 e. The smallest absolute Gasteiger partial charge is 0.408 e. The SMILES string of the molecule is CCCCCCc1ccccc1OP(Oc1c(C(C)(C)CC)cc(C)cc1C(C)(C)CC)Oc1c(C(C)(C)CC)cc(C)cc1C(C)(C)CC. The Kier molecular flexibility index (Phi) is 14.5. The Morgan fingerprint density at radius 1 is 0.500 bits per heavy atom. The second kappa shape index (κ2) is 17.3.